The number of hydrogen-bond acceptors (Lipinski definition) is 2. The van der Waals surface area contributed by atoms with Gasteiger partial charge < -0.3 is 3.07 Å². The van der Waals surface area contributed by atoms with E-state index in [0.717, 1.165) is 12.8 Å². The first-order valence-electron chi connectivity index (χ1n) is 4.19. The maximum atomic E-state index is 11.1. The Labute approximate surface area is 92.0 Å². The van der Waals surface area contributed by atoms with Crippen molar-refractivity contribution in [3.63, 3.8) is 0 Å². The van der Waals surface area contributed by atoms with Crippen LogP contribution in [0, 0.1) is 0 Å². The molecular formula is C10H11IO2. The SMILES string of the molecule is CCCc1ccc(C(=O)OI)cc1. The molecule has 0 aliphatic rings. The van der Waals surface area contributed by atoms with Crippen LogP contribution in [0.1, 0.15) is 29.3 Å². The third kappa shape index (κ3) is 2.99. The summed E-state index contributed by atoms with van der Waals surface area (Å²) in [6, 6.07) is 7.52. The van der Waals surface area contributed by atoms with E-state index >= 15 is 0 Å². The highest BCUT2D eigenvalue weighted by Gasteiger charge is 2.04. The minimum atomic E-state index is -0.288. The van der Waals surface area contributed by atoms with E-state index < -0.39 is 0 Å². The molecular weight excluding hydrogens is 279 g/mol. The van der Waals surface area contributed by atoms with Gasteiger partial charge in [-0.15, -0.1) is 0 Å². The predicted molar refractivity (Wildman–Crippen MR) is 59.9 cm³/mol. The normalized spacial score (nSPS) is 9.69. The monoisotopic (exact) mass is 290 g/mol. The molecule has 1 aromatic rings. The number of aryl methyl sites for hydroxylation is 1. The smallest absolute Gasteiger partial charge is 0.347 e. The van der Waals surface area contributed by atoms with Crippen LogP contribution in [0.25, 0.3) is 0 Å². The predicted octanol–water partition coefficient (Wildman–Crippen LogP) is 3.15. The molecule has 1 rings (SSSR count). The lowest BCUT2D eigenvalue weighted by Crippen LogP contribution is -1.97. The van der Waals surface area contributed by atoms with Gasteiger partial charge in [-0.25, -0.2) is 4.79 Å². The Balaban J connectivity index is 2.75. The number of carbonyl (C=O) groups excluding carboxylic acids is 1. The molecule has 0 saturated carbocycles. The summed E-state index contributed by atoms with van der Waals surface area (Å²) in [5.41, 5.74) is 1.86. The molecule has 0 radical (unpaired) electrons. The van der Waals surface area contributed by atoms with Crippen molar-refractivity contribution in [2.24, 2.45) is 0 Å². The van der Waals surface area contributed by atoms with Crippen molar-refractivity contribution < 1.29 is 7.86 Å². The van der Waals surface area contributed by atoms with E-state index in [9.17, 15) is 4.79 Å². The first-order valence-corrected chi connectivity index (χ1v) is 5.08. The van der Waals surface area contributed by atoms with Crippen LogP contribution >= 0.6 is 23.0 Å². The molecule has 0 aliphatic heterocycles. The van der Waals surface area contributed by atoms with E-state index in [1.54, 1.807) is 35.1 Å². The molecule has 0 N–H and O–H groups in total. The summed E-state index contributed by atoms with van der Waals surface area (Å²) in [5.74, 6) is -0.288. The van der Waals surface area contributed by atoms with Crippen LogP contribution in [0.4, 0.5) is 0 Å². The largest absolute Gasteiger partial charge is 0.391 e. The molecule has 2 nitrogen and oxygen atoms in total. The van der Waals surface area contributed by atoms with Crippen LogP contribution in [0.5, 0.6) is 0 Å². The lowest BCUT2D eigenvalue weighted by molar-refractivity contribution is 0.0800. The average molecular weight is 290 g/mol. The third-order valence-electron chi connectivity index (χ3n) is 1.80. The minimum Gasteiger partial charge on any atom is -0.391 e. The van der Waals surface area contributed by atoms with Gasteiger partial charge in [-0.2, -0.15) is 0 Å². The summed E-state index contributed by atoms with van der Waals surface area (Å²) in [4.78, 5) is 11.1. The summed E-state index contributed by atoms with van der Waals surface area (Å²) in [6.45, 7) is 2.13. The Hall–Kier alpha value is -0.580. The van der Waals surface area contributed by atoms with Gasteiger partial charge in [-0.05, 0) is 24.1 Å². The van der Waals surface area contributed by atoms with E-state index in [0.29, 0.717) is 5.56 Å². The number of rotatable bonds is 3. The lowest BCUT2D eigenvalue weighted by Gasteiger charge is -1.99. The summed E-state index contributed by atoms with van der Waals surface area (Å²) >= 11 is 1.59. The maximum absolute atomic E-state index is 11.1. The maximum Gasteiger partial charge on any atom is 0.347 e. The summed E-state index contributed by atoms with van der Waals surface area (Å²) in [7, 11) is 0. The first kappa shape index (κ1) is 10.5. The van der Waals surface area contributed by atoms with Gasteiger partial charge in [-0.1, -0.05) is 25.5 Å². The van der Waals surface area contributed by atoms with Gasteiger partial charge >= 0.3 is 5.97 Å². The zero-order valence-electron chi connectivity index (χ0n) is 7.42. The highest BCUT2D eigenvalue weighted by atomic mass is 127. The topological polar surface area (TPSA) is 26.3 Å². The Kier molecular flexibility index (Phi) is 4.21. The summed E-state index contributed by atoms with van der Waals surface area (Å²) < 4.78 is 4.57. The van der Waals surface area contributed by atoms with Crippen molar-refractivity contribution in [1.82, 2.24) is 0 Å². The standard InChI is InChI=1S/C10H11IO2/c1-2-3-8-4-6-9(7-5-8)10(12)13-11/h4-7H,2-3H2,1H3. The van der Waals surface area contributed by atoms with Gasteiger partial charge in [0.2, 0.25) is 0 Å². The van der Waals surface area contributed by atoms with Gasteiger partial charge in [0.15, 0.2) is 23.0 Å². The Bertz CT molecular complexity index is 279. The Morgan fingerprint density at radius 2 is 2.00 bits per heavy atom. The van der Waals surface area contributed by atoms with Crippen molar-refractivity contribution in [1.29, 1.82) is 0 Å². The number of benzene rings is 1. The number of hydrogen-bond donors (Lipinski definition) is 0. The molecule has 0 bridgehead atoms. The summed E-state index contributed by atoms with van der Waals surface area (Å²) in [5, 5.41) is 0. The molecule has 0 heterocycles. The second-order valence-electron chi connectivity index (χ2n) is 2.81. The third-order valence-corrected chi connectivity index (χ3v) is 2.20. The fraction of sp³-hybridized carbons (Fsp3) is 0.300. The number of halogens is 1. The van der Waals surface area contributed by atoms with Crippen LogP contribution in [0.3, 0.4) is 0 Å². The Morgan fingerprint density at radius 1 is 1.38 bits per heavy atom. The van der Waals surface area contributed by atoms with Gasteiger partial charge in [0, 0.05) is 0 Å². The fourth-order valence-electron chi connectivity index (χ4n) is 1.14. The molecule has 13 heavy (non-hydrogen) atoms. The lowest BCUT2D eigenvalue weighted by atomic mass is 10.1. The second-order valence-corrected chi connectivity index (χ2v) is 3.25. The van der Waals surface area contributed by atoms with Gasteiger partial charge in [-0.3, -0.25) is 0 Å². The highest BCUT2D eigenvalue weighted by Crippen LogP contribution is 2.08. The van der Waals surface area contributed by atoms with Crippen LogP contribution in [0.15, 0.2) is 24.3 Å². The van der Waals surface area contributed by atoms with E-state index in [1.165, 1.54) is 5.56 Å². The zero-order chi connectivity index (χ0) is 9.68. The van der Waals surface area contributed by atoms with Gasteiger partial charge in [0.25, 0.3) is 0 Å². The van der Waals surface area contributed by atoms with E-state index in [-0.39, 0.29) is 5.97 Å². The van der Waals surface area contributed by atoms with E-state index in [2.05, 4.69) is 9.99 Å². The molecule has 0 unspecified atom stereocenters. The van der Waals surface area contributed by atoms with E-state index in [1.807, 2.05) is 12.1 Å². The molecule has 0 aliphatic carbocycles. The van der Waals surface area contributed by atoms with Crippen LogP contribution in [0.2, 0.25) is 0 Å². The molecule has 0 saturated heterocycles. The molecule has 0 atom stereocenters. The van der Waals surface area contributed by atoms with Crippen LogP contribution in [-0.2, 0) is 9.49 Å². The molecule has 1 aromatic carbocycles. The molecule has 3 heteroatoms. The second kappa shape index (κ2) is 5.21. The van der Waals surface area contributed by atoms with Crippen molar-refractivity contribution in [3.8, 4) is 0 Å². The minimum absolute atomic E-state index is 0.288. The van der Waals surface area contributed by atoms with Gasteiger partial charge in [0.1, 0.15) is 0 Å². The fourth-order valence-corrected chi connectivity index (χ4v) is 1.39. The first-order chi connectivity index (χ1) is 6.27. The van der Waals surface area contributed by atoms with Crippen molar-refractivity contribution >= 4 is 29.0 Å². The summed E-state index contributed by atoms with van der Waals surface area (Å²) in [6.07, 6.45) is 2.18. The van der Waals surface area contributed by atoms with Crippen LogP contribution < -0.4 is 0 Å². The van der Waals surface area contributed by atoms with Crippen LogP contribution in [-0.4, -0.2) is 5.97 Å². The average Bonchev–Trinajstić information content (AvgIpc) is 2.18. The highest BCUT2D eigenvalue weighted by molar-refractivity contribution is 14.1. The molecule has 0 amide bonds. The molecule has 0 spiro atoms. The van der Waals surface area contributed by atoms with E-state index in [4.69, 9.17) is 0 Å². The quantitative estimate of drug-likeness (QED) is 0.799. The number of carbonyl (C=O) groups is 1. The van der Waals surface area contributed by atoms with Crippen molar-refractivity contribution in [2.75, 3.05) is 0 Å². The Morgan fingerprint density at radius 3 is 2.46 bits per heavy atom. The van der Waals surface area contributed by atoms with Crippen molar-refractivity contribution in [3.05, 3.63) is 35.4 Å². The molecule has 0 aromatic heterocycles. The molecule has 70 valence electrons. The molecule has 0 fully saturated rings. The van der Waals surface area contributed by atoms with Gasteiger partial charge in [0.05, 0.1) is 5.56 Å². The zero-order valence-corrected chi connectivity index (χ0v) is 9.58. The van der Waals surface area contributed by atoms with Crippen molar-refractivity contribution in [2.45, 2.75) is 19.8 Å².